The summed E-state index contributed by atoms with van der Waals surface area (Å²) in [4.78, 5) is 16.2. The van der Waals surface area contributed by atoms with Crippen LogP contribution in [0.2, 0.25) is 0 Å². The van der Waals surface area contributed by atoms with Gasteiger partial charge in [-0.3, -0.25) is 0 Å². The van der Waals surface area contributed by atoms with Gasteiger partial charge in [0, 0.05) is 11.5 Å². The van der Waals surface area contributed by atoms with E-state index in [1.807, 2.05) is 52.3 Å². The Labute approximate surface area is 168 Å². The van der Waals surface area contributed by atoms with Crippen LogP contribution in [0, 0.1) is 26.4 Å². The second kappa shape index (κ2) is 7.90. The van der Waals surface area contributed by atoms with Crippen LogP contribution in [0.4, 0.5) is 0 Å². The molecular weight excluding hydrogens is 461 g/mol. The molecule has 0 aromatic carbocycles. The third kappa shape index (κ3) is 3.33. The van der Waals surface area contributed by atoms with Crippen LogP contribution in [0.1, 0.15) is 51.3 Å². The number of allylic oxidation sites excluding steroid dienone is 4. The summed E-state index contributed by atoms with van der Waals surface area (Å²) in [6.07, 6.45) is 6.63. The number of nitrogens with zero attached hydrogens (tertiary/aromatic N) is 2. The number of ether oxygens (including phenoxy) is 1. The van der Waals surface area contributed by atoms with Gasteiger partial charge >= 0.3 is 5.97 Å². The first-order valence-corrected chi connectivity index (χ1v) is 9.91. The lowest BCUT2D eigenvalue weighted by atomic mass is 9.87. The van der Waals surface area contributed by atoms with Crippen molar-refractivity contribution in [2.45, 2.75) is 19.3 Å². The number of aromatic amines is 1. The molecule has 0 saturated heterocycles. The third-order valence-electron chi connectivity index (χ3n) is 4.10. The molecule has 2 aromatic rings. The van der Waals surface area contributed by atoms with Crippen molar-refractivity contribution in [3.8, 4) is 12.1 Å². The highest BCUT2D eigenvalue weighted by atomic mass is 127. The van der Waals surface area contributed by atoms with Crippen molar-refractivity contribution < 1.29 is 9.53 Å². The van der Waals surface area contributed by atoms with Crippen molar-refractivity contribution in [2.24, 2.45) is 0 Å². The Balaban J connectivity index is 1.95. The van der Waals surface area contributed by atoms with Gasteiger partial charge in [-0.15, -0.1) is 11.3 Å². The van der Waals surface area contributed by atoms with Crippen molar-refractivity contribution in [3.63, 3.8) is 0 Å². The normalized spacial score (nSPS) is 15.8. The number of nitrogens with one attached hydrogen (secondary N) is 1. The molecule has 3 rings (SSSR count). The second-order valence-corrected chi connectivity index (χ2v) is 7.57. The zero-order valence-corrected chi connectivity index (χ0v) is 16.8. The van der Waals surface area contributed by atoms with Gasteiger partial charge in [-0.1, -0.05) is 18.2 Å². The zero-order chi connectivity index (χ0) is 18.7. The van der Waals surface area contributed by atoms with Gasteiger partial charge in [0.1, 0.15) is 17.8 Å². The minimum atomic E-state index is -0.449. The third-order valence-corrected chi connectivity index (χ3v) is 5.88. The SMILES string of the molecule is CCOC(=O)c1[nH]c(I)c(C#N)c1C1C=CC(c2sccc2C#N)=CC1. The van der Waals surface area contributed by atoms with Crippen molar-refractivity contribution >= 4 is 45.5 Å². The lowest BCUT2D eigenvalue weighted by molar-refractivity contribution is 0.0518. The summed E-state index contributed by atoms with van der Waals surface area (Å²) in [5, 5.41) is 20.6. The Hall–Kier alpha value is -2.36. The van der Waals surface area contributed by atoms with Crippen molar-refractivity contribution in [3.05, 3.63) is 60.6 Å². The molecule has 5 nitrogen and oxygen atoms in total. The monoisotopic (exact) mass is 475 g/mol. The van der Waals surface area contributed by atoms with Crippen LogP contribution in [0.15, 0.2) is 29.7 Å². The topological polar surface area (TPSA) is 89.7 Å². The fourth-order valence-electron chi connectivity index (χ4n) is 2.95. The molecule has 1 atom stereocenters. The van der Waals surface area contributed by atoms with Crippen LogP contribution in [-0.2, 0) is 4.74 Å². The van der Waals surface area contributed by atoms with Crippen LogP contribution in [-0.4, -0.2) is 17.6 Å². The van der Waals surface area contributed by atoms with Crippen LogP contribution in [0.3, 0.4) is 0 Å². The van der Waals surface area contributed by atoms with E-state index in [-0.39, 0.29) is 12.5 Å². The maximum absolute atomic E-state index is 12.3. The molecule has 7 heteroatoms. The van der Waals surface area contributed by atoms with Gasteiger partial charge in [-0.05, 0) is 53.0 Å². The molecule has 1 N–H and O–H groups in total. The predicted molar refractivity (Wildman–Crippen MR) is 108 cm³/mol. The minimum Gasteiger partial charge on any atom is -0.461 e. The molecule has 2 aromatic heterocycles. The van der Waals surface area contributed by atoms with Gasteiger partial charge in [-0.2, -0.15) is 10.5 Å². The minimum absolute atomic E-state index is 0.0990. The maximum atomic E-state index is 12.3. The molecule has 0 spiro atoms. The predicted octanol–water partition coefficient (Wildman–Crippen LogP) is 4.73. The van der Waals surface area contributed by atoms with Gasteiger partial charge in [-0.25, -0.2) is 4.79 Å². The fourth-order valence-corrected chi connectivity index (χ4v) is 4.50. The Morgan fingerprint density at radius 3 is 2.88 bits per heavy atom. The number of halogens is 1. The summed E-state index contributed by atoms with van der Waals surface area (Å²) < 4.78 is 5.76. The quantitative estimate of drug-likeness (QED) is 0.512. The second-order valence-electron chi connectivity index (χ2n) is 5.57. The summed E-state index contributed by atoms with van der Waals surface area (Å²) in [5.41, 5.74) is 3.15. The molecule has 1 aliphatic rings. The molecule has 130 valence electrons. The summed E-state index contributed by atoms with van der Waals surface area (Å²) in [6, 6.07) is 6.20. The largest absolute Gasteiger partial charge is 0.461 e. The van der Waals surface area contributed by atoms with E-state index in [1.165, 1.54) is 11.3 Å². The van der Waals surface area contributed by atoms with E-state index in [0.29, 0.717) is 32.5 Å². The molecule has 0 saturated carbocycles. The van der Waals surface area contributed by atoms with Gasteiger partial charge < -0.3 is 9.72 Å². The summed E-state index contributed by atoms with van der Waals surface area (Å²) >= 11 is 3.56. The average molecular weight is 475 g/mol. The number of rotatable bonds is 4. The van der Waals surface area contributed by atoms with Crippen molar-refractivity contribution in [1.82, 2.24) is 4.98 Å². The van der Waals surface area contributed by atoms with Gasteiger partial charge in [0.2, 0.25) is 0 Å². The molecule has 1 unspecified atom stereocenters. The fraction of sp³-hybridized carbons (Fsp3) is 0.211. The lowest BCUT2D eigenvalue weighted by Crippen LogP contribution is -2.11. The number of thiophene rings is 1. The molecule has 0 radical (unpaired) electrons. The van der Waals surface area contributed by atoms with Crippen LogP contribution in [0.25, 0.3) is 5.57 Å². The number of carbonyl (C=O) groups is 1. The molecule has 1 aliphatic carbocycles. The lowest BCUT2D eigenvalue weighted by Gasteiger charge is -2.17. The Morgan fingerprint density at radius 1 is 1.46 bits per heavy atom. The summed E-state index contributed by atoms with van der Waals surface area (Å²) in [5.74, 6) is -0.548. The van der Waals surface area contributed by atoms with Gasteiger partial charge in [0.05, 0.1) is 26.3 Å². The maximum Gasteiger partial charge on any atom is 0.355 e. The molecular formula is C19H14IN3O2S. The van der Waals surface area contributed by atoms with Gasteiger partial charge in [0.15, 0.2) is 0 Å². The highest BCUT2D eigenvalue weighted by Gasteiger charge is 2.28. The van der Waals surface area contributed by atoms with Gasteiger partial charge in [0.25, 0.3) is 0 Å². The van der Waals surface area contributed by atoms with E-state index in [4.69, 9.17) is 4.74 Å². The first-order chi connectivity index (χ1) is 12.6. The highest BCUT2D eigenvalue weighted by Crippen LogP contribution is 2.37. The number of hydrogen-bond acceptors (Lipinski definition) is 5. The highest BCUT2D eigenvalue weighted by molar-refractivity contribution is 14.1. The van der Waals surface area contributed by atoms with E-state index in [2.05, 4.69) is 17.1 Å². The molecule has 0 aliphatic heterocycles. The van der Waals surface area contributed by atoms with Crippen LogP contribution < -0.4 is 0 Å². The van der Waals surface area contributed by atoms with Crippen LogP contribution >= 0.6 is 33.9 Å². The van der Waals surface area contributed by atoms with Crippen LogP contribution in [0.5, 0.6) is 0 Å². The Kier molecular flexibility index (Phi) is 5.60. The van der Waals surface area contributed by atoms with E-state index >= 15 is 0 Å². The number of hydrogen-bond donors (Lipinski definition) is 1. The number of esters is 1. The number of H-pyrrole nitrogens is 1. The first kappa shape index (κ1) is 18.4. The number of carbonyl (C=O) groups excluding carboxylic acids is 1. The van der Waals surface area contributed by atoms with Crippen molar-refractivity contribution in [2.75, 3.05) is 6.61 Å². The molecule has 0 amide bonds. The van der Waals surface area contributed by atoms with E-state index in [0.717, 1.165) is 10.5 Å². The smallest absolute Gasteiger partial charge is 0.355 e. The average Bonchev–Trinajstić information content (AvgIpc) is 3.25. The summed E-state index contributed by atoms with van der Waals surface area (Å²) in [6.45, 7) is 2.02. The van der Waals surface area contributed by atoms with E-state index < -0.39 is 5.97 Å². The standard InChI is InChI=1S/C19H14IN3O2S/c1-2-25-19(24)16-15(14(10-22)18(20)23-16)11-3-5-12(6-4-11)17-13(9-21)7-8-26-17/h3,5-8,11,23H,2,4H2,1H3. The Bertz CT molecular complexity index is 1000. The van der Waals surface area contributed by atoms with Crippen molar-refractivity contribution in [1.29, 1.82) is 10.5 Å². The molecule has 26 heavy (non-hydrogen) atoms. The number of nitriles is 2. The molecule has 0 fully saturated rings. The Morgan fingerprint density at radius 2 is 2.27 bits per heavy atom. The molecule has 0 bridgehead atoms. The van der Waals surface area contributed by atoms with E-state index in [1.54, 1.807) is 6.92 Å². The van der Waals surface area contributed by atoms with E-state index in [9.17, 15) is 15.3 Å². The zero-order valence-electron chi connectivity index (χ0n) is 13.9. The number of aromatic nitrogens is 1. The summed E-state index contributed by atoms with van der Waals surface area (Å²) in [7, 11) is 0. The molecule has 2 heterocycles. The first-order valence-electron chi connectivity index (χ1n) is 7.95.